The third kappa shape index (κ3) is 5.15. The van der Waals surface area contributed by atoms with Crippen LogP contribution in [-0.2, 0) is 4.74 Å². The Labute approximate surface area is 119 Å². The maximum atomic E-state index is 10.9. The fraction of sp³-hybridized carbons (Fsp3) is 0.455. The van der Waals surface area contributed by atoms with Crippen LogP contribution >= 0.6 is 22.6 Å². The molecule has 0 aromatic heterocycles. The van der Waals surface area contributed by atoms with Crippen molar-refractivity contribution in [2.45, 2.75) is 0 Å². The lowest BCUT2D eigenvalue weighted by molar-refractivity contribution is -0.384. The van der Waals surface area contributed by atoms with Gasteiger partial charge in [0.2, 0.25) is 0 Å². The average Bonchev–Trinajstić information content (AvgIpc) is 2.35. The minimum atomic E-state index is -0.372. The molecular formula is C11H16IN3O3. The molecule has 0 bridgehead atoms. The number of rotatable bonds is 8. The Morgan fingerprint density at radius 1 is 1.39 bits per heavy atom. The fourth-order valence-electron chi connectivity index (χ4n) is 1.39. The molecule has 0 atom stereocenters. The number of halogens is 1. The number of anilines is 1. The molecule has 18 heavy (non-hydrogen) atoms. The molecule has 0 radical (unpaired) electrons. The predicted octanol–water partition coefficient (Wildman–Crippen LogP) is 1.85. The number of nitro groups is 1. The van der Waals surface area contributed by atoms with Gasteiger partial charge in [-0.25, -0.2) is 0 Å². The molecule has 0 amide bonds. The summed E-state index contributed by atoms with van der Waals surface area (Å²) in [7, 11) is 1.65. The molecule has 7 heteroatoms. The second-order valence-corrected chi connectivity index (χ2v) is 4.83. The molecule has 0 saturated heterocycles. The highest BCUT2D eigenvalue weighted by atomic mass is 127. The highest BCUT2D eigenvalue weighted by Crippen LogP contribution is 2.25. The number of nitro benzene ring substituents is 1. The molecule has 100 valence electrons. The largest absolute Gasteiger partial charge is 0.383 e. The van der Waals surface area contributed by atoms with Gasteiger partial charge >= 0.3 is 0 Å². The van der Waals surface area contributed by atoms with Crippen molar-refractivity contribution in [1.82, 2.24) is 5.32 Å². The number of hydrogen-bond acceptors (Lipinski definition) is 5. The summed E-state index contributed by atoms with van der Waals surface area (Å²) in [5.41, 5.74) is 0.660. The van der Waals surface area contributed by atoms with Gasteiger partial charge in [0.15, 0.2) is 0 Å². The van der Waals surface area contributed by atoms with E-state index < -0.39 is 0 Å². The molecule has 0 aliphatic carbocycles. The second kappa shape index (κ2) is 8.22. The van der Waals surface area contributed by atoms with E-state index in [0.29, 0.717) is 18.8 Å². The van der Waals surface area contributed by atoms with Crippen LogP contribution in [0.15, 0.2) is 18.2 Å². The Kier molecular flexibility index (Phi) is 6.91. The van der Waals surface area contributed by atoms with Gasteiger partial charge in [0.05, 0.1) is 11.5 Å². The molecular weight excluding hydrogens is 349 g/mol. The van der Waals surface area contributed by atoms with Crippen LogP contribution in [0.5, 0.6) is 0 Å². The lowest BCUT2D eigenvalue weighted by atomic mass is 10.2. The summed E-state index contributed by atoms with van der Waals surface area (Å²) in [4.78, 5) is 10.5. The van der Waals surface area contributed by atoms with Crippen molar-refractivity contribution in [3.63, 3.8) is 0 Å². The summed E-state index contributed by atoms with van der Waals surface area (Å²) < 4.78 is 5.75. The molecule has 1 rings (SSSR count). The van der Waals surface area contributed by atoms with Gasteiger partial charge in [-0.15, -0.1) is 0 Å². The zero-order valence-corrected chi connectivity index (χ0v) is 12.3. The van der Waals surface area contributed by atoms with Crippen LogP contribution in [0, 0.1) is 13.7 Å². The first-order valence-corrected chi connectivity index (χ1v) is 6.60. The van der Waals surface area contributed by atoms with Crippen molar-refractivity contribution >= 4 is 34.0 Å². The van der Waals surface area contributed by atoms with Crippen LogP contribution in [-0.4, -0.2) is 38.3 Å². The Morgan fingerprint density at radius 2 is 2.17 bits per heavy atom. The SMILES string of the molecule is COCCNCCNc1ccc(I)cc1[N+](=O)[O-]. The molecule has 1 aromatic rings. The van der Waals surface area contributed by atoms with Gasteiger partial charge in [-0.3, -0.25) is 10.1 Å². The number of hydrogen-bond donors (Lipinski definition) is 2. The second-order valence-electron chi connectivity index (χ2n) is 3.59. The van der Waals surface area contributed by atoms with E-state index in [1.54, 1.807) is 19.2 Å². The third-order valence-corrected chi connectivity index (χ3v) is 2.93. The standard InChI is InChI=1S/C11H16IN3O3/c1-18-7-6-13-4-5-14-10-3-2-9(12)8-11(10)15(16)17/h2-3,8,13-14H,4-7H2,1H3. The molecule has 0 saturated carbocycles. The maximum absolute atomic E-state index is 10.9. The predicted molar refractivity (Wildman–Crippen MR) is 79.0 cm³/mol. The van der Waals surface area contributed by atoms with E-state index >= 15 is 0 Å². The van der Waals surface area contributed by atoms with Gasteiger partial charge in [-0.05, 0) is 34.7 Å². The van der Waals surface area contributed by atoms with Crippen LogP contribution in [0.4, 0.5) is 11.4 Å². The average molecular weight is 365 g/mol. The third-order valence-electron chi connectivity index (χ3n) is 2.26. The quantitative estimate of drug-likeness (QED) is 0.318. The molecule has 0 fully saturated rings. The number of benzene rings is 1. The van der Waals surface area contributed by atoms with E-state index in [1.807, 2.05) is 6.07 Å². The van der Waals surface area contributed by atoms with Crippen molar-refractivity contribution in [1.29, 1.82) is 0 Å². The van der Waals surface area contributed by atoms with Gasteiger partial charge < -0.3 is 15.4 Å². The Bertz CT molecular complexity index is 401. The molecule has 6 nitrogen and oxygen atoms in total. The number of nitrogens with zero attached hydrogens (tertiary/aromatic N) is 1. The van der Waals surface area contributed by atoms with E-state index in [2.05, 4.69) is 33.2 Å². The van der Waals surface area contributed by atoms with Crippen molar-refractivity contribution < 1.29 is 9.66 Å². The fourth-order valence-corrected chi connectivity index (χ4v) is 1.86. The summed E-state index contributed by atoms with van der Waals surface area (Å²) in [6, 6.07) is 5.13. The van der Waals surface area contributed by atoms with Crippen LogP contribution in [0.1, 0.15) is 0 Å². The van der Waals surface area contributed by atoms with Crippen LogP contribution in [0.3, 0.4) is 0 Å². The molecule has 0 aliphatic heterocycles. The molecule has 0 aliphatic rings. The van der Waals surface area contributed by atoms with Gasteiger partial charge in [0, 0.05) is 36.4 Å². The molecule has 0 unspecified atom stereocenters. The minimum absolute atomic E-state index is 0.110. The Morgan fingerprint density at radius 3 is 2.83 bits per heavy atom. The first-order valence-electron chi connectivity index (χ1n) is 5.52. The Balaban J connectivity index is 2.44. The highest BCUT2D eigenvalue weighted by Gasteiger charge is 2.13. The lowest BCUT2D eigenvalue weighted by Crippen LogP contribution is -2.25. The number of nitrogens with one attached hydrogen (secondary N) is 2. The number of ether oxygens (including phenoxy) is 1. The summed E-state index contributed by atoms with van der Waals surface area (Å²) in [6.45, 7) is 2.79. The van der Waals surface area contributed by atoms with E-state index in [0.717, 1.165) is 16.7 Å². The maximum Gasteiger partial charge on any atom is 0.293 e. The van der Waals surface area contributed by atoms with Gasteiger partial charge in [0.25, 0.3) is 5.69 Å². The van der Waals surface area contributed by atoms with E-state index in [4.69, 9.17) is 4.74 Å². The van der Waals surface area contributed by atoms with Crippen LogP contribution < -0.4 is 10.6 Å². The highest BCUT2D eigenvalue weighted by molar-refractivity contribution is 14.1. The van der Waals surface area contributed by atoms with Crippen molar-refractivity contribution in [2.24, 2.45) is 0 Å². The topological polar surface area (TPSA) is 76.4 Å². The zero-order valence-electron chi connectivity index (χ0n) is 10.1. The van der Waals surface area contributed by atoms with E-state index in [-0.39, 0.29) is 10.6 Å². The zero-order chi connectivity index (χ0) is 13.4. The molecule has 0 heterocycles. The molecule has 2 N–H and O–H groups in total. The normalized spacial score (nSPS) is 10.3. The Hall–Kier alpha value is -0.930. The summed E-state index contributed by atoms with van der Waals surface area (Å²) in [5.74, 6) is 0. The summed E-state index contributed by atoms with van der Waals surface area (Å²) >= 11 is 2.06. The van der Waals surface area contributed by atoms with E-state index in [1.165, 1.54) is 0 Å². The van der Waals surface area contributed by atoms with Crippen molar-refractivity contribution in [3.8, 4) is 0 Å². The summed E-state index contributed by atoms with van der Waals surface area (Å²) in [6.07, 6.45) is 0. The van der Waals surface area contributed by atoms with Crippen LogP contribution in [0.25, 0.3) is 0 Å². The number of methoxy groups -OCH3 is 1. The smallest absolute Gasteiger partial charge is 0.293 e. The van der Waals surface area contributed by atoms with Gasteiger partial charge in [-0.1, -0.05) is 0 Å². The van der Waals surface area contributed by atoms with Gasteiger partial charge in [-0.2, -0.15) is 0 Å². The minimum Gasteiger partial charge on any atom is -0.383 e. The van der Waals surface area contributed by atoms with Crippen molar-refractivity contribution in [3.05, 3.63) is 31.9 Å². The first-order chi connectivity index (χ1) is 8.65. The van der Waals surface area contributed by atoms with Crippen LogP contribution in [0.2, 0.25) is 0 Å². The molecule has 0 spiro atoms. The van der Waals surface area contributed by atoms with E-state index in [9.17, 15) is 10.1 Å². The monoisotopic (exact) mass is 365 g/mol. The lowest BCUT2D eigenvalue weighted by Gasteiger charge is -2.08. The molecule has 1 aromatic carbocycles. The summed E-state index contributed by atoms with van der Waals surface area (Å²) in [5, 5.41) is 17.1. The first kappa shape index (κ1) is 15.1. The van der Waals surface area contributed by atoms with Gasteiger partial charge in [0.1, 0.15) is 5.69 Å². The van der Waals surface area contributed by atoms with Crippen molar-refractivity contribution in [2.75, 3.05) is 38.7 Å².